The van der Waals surface area contributed by atoms with Gasteiger partial charge in [-0.1, -0.05) is 30.3 Å². The van der Waals surface area contributed by atoms with Crippen molar-refractivity contribution in [2.45, 2.75) is 6.54 Å². The number of phenols is 1. The van der Waals surface area contributed by atoms with E-state index in [2.05, 4.69) is 10.1 Å². The van der Waals surface area contributed by atoms with E-state index >= 15 is 0 Å². The van der Waals surface area contributed by atoms with Crippen LogP contribution in [0.4, 0.5) is 10.5 Å². The van der Waals surface area contributed by atoms with Crippen LogP contribution in [0.25, 0.3) is 21.9 Å². The van der Waals surface area contributed by atoms with Crippen molar-refractivity contribution in [2.75, 3.05) is 18.0 Å². The molecule has 0 aliphatic carbocycles. The molecular formula is C21H19N3O6S. The van der Waals surface area contributed by atoms with E-state index in [1.807, 2.05) is 47.2 Å². The van der Waals surface area contributed by atoms with Crippen LogP contribution in [0, 0.1) is 0 Å². The first kappa shape index (κ1) is 20.5. The number of nitrogens with zero attached hydrogens (tertiary/aromatic N) is 1. The molecular weight excluding hydrogens is 422 g/mol. The Balaban J connectivity index is 1.71. The van der Waals surface area contributed by atoms with Crippen LogP contribution in [0.15, 0.2) is 54.6 Å². The summed E-state index contributed by atoms with van der Waals surface area (Å²) in [5, 5.41) is 14.4. The minimum atomic E-state index is -4.03. The summed E-state index contributed by atoms with van der Waals surface area (Å²) in [6.45, 7) is -0.0870. The van der Waals surface area contributed by atoms with Gasteiger partial charge >= 0.3 is 16.3 Å². The second kappa shape index (κ2) is 7.80. The van der Waals surface area contributed by atoms with Gasteiger partial charge in [0, 0.05) is 6.54 Å². The SMILES string of the molecule is COC(=O)NCc1cccc(-c2ccc3cc(O)c(N4CC(=O)NS4(=O)=O)cc3c2)c1. The lowest BCUT2D eigenvalue weighted by molar-refractivity contribution is -0.117. The number of aromatic hydroxyl groups is 1. The maximum absolute atomic E-state index is 12.2. The Morgan fingerprint density at radius 3 is 2.61 bits per heavy atom. The van der Waals surface area contributed by atoms with Crippen LogP contribution in [0.1, 0.15) is 5.56 Å². The molecule has 0 atom stereocenters. The van der Waals surface area contributed by atoms with Crippen LogP contribution >= 0.6 is 0 Å². The van der Waals surface area contributed by atoms with Gasteiger partial charge in [-0.05, 0) is 51.7 Å². The number of phenolic OH excluding ortho intramolecular Hbond substituents is 1. The number of fused-ring (bicyclic) bond motifs is 1. The number of rotatable bonds is 4. The zero-order valence-corrected chi connectivity index (χ0v) is 17.3. The summed E-state index contributed by atoms with van der Waals surface area (Å²) in [4.78, 5) is 22.9. The van der Waals surface area contributed by atoms with Gasteiger partial charge in [0.1, 0.15) is 12.3 Å². The Morgan fingerprint density at radius 1 is 1.13 bits per heavy atom. The van der Waals surface area contributed by atoms with Crippen LogP contribution in [0.2, 0.25) is 0 Å². The number of carbonyl (C=O) groups is 2. The lowest BCUT2D eigenvalue weighted by Crippen LogP contribution is -2.29. The second-order valence-corrected chi connectivity index (χ2v) is 8.58. The van der Waals surface area contributed by atoms with E-state index < -0.39 is 28.8 Å². The van der Waals surface area contributed by atoms with Crippen LogP contribution in [-0.2, 0) is 26.3 Å². The molecule has 0 spiro atoms. The summed E-state index contributed by atoms with van der Waals surface area (Å²) in [7, 11) is -2.74. The van der Waals surface area contributed by atoms with Gasteiger partial charge < -0.3 is 15.2 Å². The Bertz CT molecular complexity index is 1310. The molecule has 3 aromatic carbocycles. The number of benzene rings is 3. The zero-order valence-electron chi connectivity index (χ0n) is 16.5. The number of amides is 2. The number of hydrogen-bond acceptors (Lipinski definition) is 6. The van der Waals surface area contributed by atoms with E-state index in [-0.39, 0.29) is 11.4 Å². The summed E-state index contributed by atoms with van der Waals surface area (Å²) in [5.41, 5.74) is 2.66. The largest absolute Gasteiger partial charge is 0.506 e. The summed E-state index contributed by atoms with van der Waals surface area (Å²) in [5.74, 6) is -0.901. The number of nitrogens with one attached hydrogen (secondary N) is 2. The van der Waals surface area contributed by atoms with Crippen molar-refractivity contribution in [1.82, 2.24) is 10.0 Å². The molecule has 4 rings (SSSR count). The van der Waals surface area contributed by atoms with Gasteiger partial charge in [0.05, 0.1) is 12.8 Å². The minimum absolute atomic E-state index is 0.0269. The Labute approximate surface area is 178 Å². The van der Waals surface area contributed by atoms with E-state index in [4.69, 9.17) is 0 Å². The molecule has 160 valence electrons. The molecule has 2 amide bonds. The molecule has 1 saturated heterocycles. The Morgan fingerprint density at radius 2 is 1.90 bits per heavy atom. The monoisotopic (exact) mass is 441 g/mol. The minimum Gasteiger partial charge on any atom is -0.506 e. The van der Waals surface area contributed by atoms with Crippen LogP contribution in [-0.4, -0.2) is 39.2 Å². The first-order valence-electron chi connectivity index (χ1n) is 9.28. The van der Waals surface area contributed by atoms with Crippen LogP contribution < -0.4 is 14.3 Å². The molecule has 9 nitrogen and oxygen atoms in total. The molecule has 0 radical (unpaired) electrons. The molecule has 3 aromatic rings. The van der Waals surface area contributed by atoms with Gasteiger partial charge in [-0.3, -0.25) is 4.79 Å². The Kier molecular flexibility index (Phi) is 5.15. The molecule has 3 N–H and O–H groups in total. The van der Waals surface area contributed by atoms with Crippen molar-refractivity contribution in [1.29, 1.82) is 0 Å². The van der Waals surface area contributed by atoms with Gasteiger partial charge in [-0.2, -0.15) is 8.42 Å². The zero-order chi connectivity index (χ0) is 22.2. The number of ether oxygens (including phenoxy) is 1. The van der Waals surface area contributed by atoms with Gasteiger partial charge in [0.25, 0.3) is 5.91 Å². The smallest absolute Gasteiger partial charge is 0.407 e. The number of anilines is 1. The van der Waals surface area contributed by atoms with Crippen LogP contribution in [0.3, 0.4) is 0 Å². The van der Waals surface area contributed by atoms with E-state index in [0.717, 1.165) is 21.0 Å². The van der Waals surface area contributed by atoms with Crippen LogP contribution in [0.5, 0.6) is 5.75 Å². The molecule has 1 aliphatic heterocycles. The van der Waals surface area contributed by atoms with Crippen molar-refractivity contribution < 1.29 is 27.9 Å². The third-order valence-electron chi connectivity index (χ3n) is 4.91. The van der Waals surface area contributed by atoms with Crippen molar-refractivity contribution in [2.24, 2.45) is 0 Å². The first-order chi connectivity index (χ1) is 14.8. The standard InChI is InChI=1S/C21H19N3O6S/c1-30-21(27)22-11-13-3-2-4-14(7-13)15-5-6-16-10-19(25)18(9-17(16)8-15)24-12-20(26)23-31(24,28)29/h2-10,25H,11-12H2,1H3,(H,22,27)(H,23,26). The fourth-order valence-electron chi connectivity index (χ4n) is 3.42. The number of methoxy groups -OCH3 is 1. The maximum Gasteiger partial charge on any atom is 0.407 e. The molecule has 0 unspecified atom stereocenters. The predicted molar refractivity (Wildman–Crippen MR) is 115 cm³/mol. The van der Waals surface area contributed by atoms with Crippen molar-refractivity contribution in [3.05, 3.63) is 60.2 Å². The fourth-order valence-corrected chi connectivity index (χ4v) is 4.58. The predicted octanol–water partition coefficient (Wildman–Crippen LogP) is 2.25. The topological polar surface area (TPSA) is 125 Å². The molecule has 0 saturated carbocycles. The number of alkyl carbamates (subject to hydrolysis) is 1. The highest BCUT2D eigenvalue weighted by Gasteiger charge is 2.35. The quantitative estimate of drug-likeness (QED) is 0.570. The maximum atomic E-state index is 12.2. The van der Waals surface area contributed by atoms with Gasteiger partial charge in [-0.15, -0.1) is 0 Å². The molecule has 0 aromatic heterocycles. The molecule has 1 heterocycles. The van der Waals surface area contributed by atoms with E-state index in [1.165, 1.54) is 19.2 Å². The molecule has 31 heavy (non-hydrogen) atoms. The third-order valence-corrected chi connectivity index (χ3v) is 6.30. The van der Waals surface area contributed by atoms with Gasteiger partial charge in [-0.25, -0.2) is 13.8 Å². The average Bonchev–Trinajstić information content (AvgIpc) is 3.03. The second-order valence-electron chi connectivity index (χ2n) is 6.99. The molecule has 1 aliphatic rings. The fraction of sp³-hybridized carbons (Fsp3) is 0.143. The molecule has 10 heteroatoms. The first-order valence-corrected chi connectivity index (χ1v) is 10.7. The molecule has 0 bridgehead atoms. The lowest BCUT2D eigenvalue weighted by Gasteiger charge is -2.17. The number of hydrogen-bond donors (Lipinski definition) is 3. The van der Waals surface area contributed by atoms with E-state index in [9.17, 15) is 23.1 Å². The van der Waals surface area contributed by atoms with E-state index in [0.29, 0.717) is 17.3 Å². The summed E-state index contributed by atoms with van der Waals surface area (Å²) in [6, 6.07) is 16.1. The third kappa shape index (κ3) is 4.10. The summed E-state index contributed by atoms with van der Waals surface area (Å²) < 4.78 is 31.6. The highest BCUT2D eigenvalue weighted by atomic mass is 32.2. The van der Waals surface area contributed by atoms with E-state index in [1.54, 1.807) is 0 Å². The highest BCUT2D eigenvalue weighted by molar-refractivity contribution is 7.92. The van der Waals surface area contributed by atoms with Gasteiger partial charge in [0.15, 0.2) is 0 Å². The number of carbonyl (C=O) groups excluding carboxylic acids is 2. The molecule has 1 fully saturated rings. The average molecular weight is 441 g/mol. The van der Waals surface area contributed by atoms with Crippen molar-refractivity contribution >= 4 is 38.7 Å². The summed E-state index contributed by atoms with van der Waals surface area (Å²) >= 11 is 0. The van der Waals surface area contributed by atoms with Crippen molar-refractivity contribution in [3.8, 4) is 16.9 Å². The van der Waals surface area contributed by atoms with Gasteiger partial charge in [0.2, 0.25) is 0 Å². The lowest BCUT2D eigenvalue weighted by atomic mass is 9.99. The highest BCUT2D eigenvalue weighted by Crippen LogP contribution is 2.36. The summed E-state index contributed by atoms with van der Waals surface area (Å²) in [6.07, 6.45) is -0.520. The van der Waals surface area contributed by atoms with Crippen molar-refractivity contribution in [3.63, 3.8) is 0 Å². The normalized spacial score (nSPS) is 15.0. The Hall–Kier alpha value is -3.79.